The molecule has 1 atom stereocenters. The topological polar surface area (TPSA) is 68.7 Å². The summed E-state index contributed by atoms with van der Waals surface area (Å²) in [5.41, 5.74) is 3.54. The molecule has 0 N–H and O–H groups in total. The Morgan fingerprint density at radius 3 is 2.06 bits per heavy atom. The third-order valence-electron chi connectivity index (χ3n) is 5.50. The molecule has 6 nitrogen and oxygen atoms in total. The van der Waals surface area contributed by atoms with Gasteiger partial charge in [-0.2, -0.15) is 0 Å². The van der Waals surface area contributed by atoms with E-state index in [9.17, 15) is 9.59 Å². The number of ether oxygens (including phenoxy) is 2. The third kappa shape index (κ3) is 5.03. The predicted octanol–water partition coefficient (Wildman–Crippen LogP) is 4.32. The molecule has 0 saturated carbocycles. The van der Waals surface area contributed by atoms with E-state index in [4.69, 9.17) is 9.47 Å². The van der Waals surface area contributed by atoms with Crippen LogP contribution in [0.25, 0.3) is 0 Å². The van der Waals surface area contributed by atoms with Gasteiger partial charge in [0.15, 0.2) is 6.10 Å². The smallest absolute Gasteiger partial charge is 0.340 e. The molecule has 6 heteroatoms. The van der Waals surface area contributed by atoms with Crippen molar-refractivity contribution >= 4 is 17.6 Å². The Balaban J connectivity index is 1.56. The van der Waals surface area contributed by atoms with Crippen LogP contribution < -0.4 is 4.90 Å². The molecule has 0 aliphatic carbocycles. The normalized spacial score (nSPS) is 14.6. The molecule has 32 heavy (non-hydrogen) atoms. The molecule has 2 heterocycles. The van der Waals surface area contributed by atoms with Crippen LogP contribution in [0.4, 0.5) is 5.82 Å². The number of benzene rings is 2. The quantitative estimate of drug-likeness (QED) is 0.429. The van der Waals surface area contributed by atoms with E-state index in [0.717, 1.165) is 30.0 Å². The minimum absolute atomic E-state index is 0.264. The molecule has 1 aromatic heterocycles. The molecule has 2 aromatic carbocycles. The highest BCUT2D eigenvalue weighted by Gasteiger charge is 2.27. The number of anilines is 1. The lowest BCUT2D eigenvalue weighted by atomic mass is 9.98. The molecule has 164 valence electrons. The number of aromatic nitrogens is 1. The maximum Gasteiger partial charge on any atom is 0.340 e. The predicted molar refractivity (Wildman–Crippen MR) is 122 cm³/mol. The molecule has 1 unspecified atom stereocenters. The molecule has 1 saturated heterocycles. The van der Waals surface area contributed by atoms with E-state index >= 15 is 0 Å². The first-order valence-corrected chi connectivity index (χ1v) is 10.7. The largest absolute Gasteiger partial charge is 0.445 e. The van der Waals surface area contributed by atoms with Gasteiger partial charge in [0.1, 0.15) is 5.82 Å². The fourth-order valence-corrected chi connectivity index (χ4v) is 3.54. The first-order valence-electron chi connectivity index (χ1n) is 10.7. The van der Waals surface area contributed by atoms with Crippen LogP contribution in [0, 0.1) is 13.8 Å². The number of hydrogen-bond acceptors (Lipinski definition) is 6. The van der Waals surface area contributed by atoms with Crippen molar-refractivity contribution in [2.45, 2.75) is 20.0 Å². The van der Waals surface area contributed by atoms with Gasteiger partial charge in [0.25, 0.3) is 0 Å². The van der Waals surface area contributed by atoms with E-state index in [1.807, 2.05) is 50.2 Å². The van der Waals surface area contributed by atoms with Crippen LogP contribution in [0.2, 0.25) is 0 Å². The number of esters is 1. The van der Waals surface area contributed by atoms with E-state index in [-0.39, 0.29) is 5.78 Å². The number of ketones is 1. The van der Waals surface area contributed by atoms with Gasteiger partial charge in [-0.25, -0.2) is 9.78 Å². The molecular weight excluding hydrogens is 404 g/mol. The Labute approximate surface area is 187 Å². The highest BCUT2D eigenvalue weighted by molar-refractivity contribution is 6.02. The van der Waals surface area contributed by atoms with Crippen LogP contribution in [0.15, 0.2) is 66.9 Å². The molecule has 1 aliphatic heterocycles. The lowest BCUT2D eigenvalue weighted by Crippen LogP contribution is -2.36. The first kappa shape index (κ1) is 21.7. The summed E-state index contributed by atoms with van der Waals surface area (Å²) in [6, 6.07) is 18.2. The van der Waals surface area contributed by atoms with Crippen molar-refractivity contribution in [1.82, 2.24) is 4.98 Å². The van der Waals surface area contributed by atoms with Gasteiger partial charge in [-0.1, -0.05) is 59.7 Å². The van der Waals surface area contributed by atoms with E-state index in [0.29, 0.717) is 29.9 Å². The van der Waals surface area contributed by atoms with Crippen molar-refractivity contribution in [2.75, 3.05) is 31.2 Å². The summed E-state index contributed by atoms with van der Waals surface area (Å²) in [5.74, 6) is -0.0622. The van der Waals surface area contributed by atoms with Crippen LogP contribution in [-0.2, 0) is 9.47 Å². The lowest BCUT2D eigenvalue weighted by molar-refractivity contribution is 0.0279. The fourth-order valence-electron chi connectivity index (χ4n) is 3.54. The van der Waals surface area contributed by atoms with E-state index in [1.54, 1.807) is 24.3 Å². The summed E-state index contributed by atoms with van der Waals surface area (Å²) in [7, 11) is 0. The molecule has 4 rings (SSSR count). The van der Waals surface area contributed by atoms with E-state index < -0.39 is 12.1 Å². The number of hydrogen-bond donors (Lipinski definition) is 0. The van der Waals surface area contributed by atoms with Gasteiger partial charge in [0.05, 0.1) is 18.8 Å². The van der Waals surface area contributed by atoms with Gasteiger partial charge in [-0.15, -0.1) is 0 Å². The first-order chi connectivity index (χ1) is 15.5. The van der Waals surface area contributed by atoms with E-state index in [1.165, 1.54) is 6.20 Å². The Kier molecular flexibility index (Phi) is 6.61. The molecular formula is C26H26N2O4. The van der Waals surface area contributed by atoms with Gasteiger partial charge in [-0.3, -0.25) is 4.79 Å². The number of nitrogens with zero attached hydrogens (tertiary/aromatic N) is 2. The van der Waals surface area contributed by atoms with Gasteiger partial charge in [0.2, 0.25) is 5.78 Å². The van der Waals surface area contributed by atoms with Crippen LogP contribution >= 0.6 is 0 Å². The number of morpholine rings is 1. The summed E-state index contributed by atoms with van der Waals surface area (Å²) in [6.45, 7) is 6.76. The summed E-state index contributed by atoms with van der Waals surface area (Å²) in [5, 5.41) is 0. The Hall–Kier alpha value is -3.51. The van der Waals surface area contributed by atoms with Gasteiger partial charge >= 0.3 is 5.97 Å². The average Bonchev–Trinajstić information content (AvgIpc) is 2.84. The fraction of sp³-hybridized carbons (Fsp3) is 0.269. The van der Waals surface area contributed by atoms with Crippen LogP contribution in [0.1, 0.15) is 43.5 Å². The van der Waals surface area contributed by atoms with Crippen molar-refractivity contribution in [2.24, 2.45) is 0 Å². The zero-order chi connectivity index (χ0) is 22.5. The SMILES string of the molecule is Cc1ccc(C(=O)C(OC(=O)c2ccc(N3CCOCC3)nc2)c2ccc(C)cc2)cc1. The summed E-state index contributed by atoms with van der Waals surface area (Å²) >= 11 is 0. The minimum atomic E-state index is -1.04. The summed E-state index contributed by atoms with van der Waals surface area (Å²) < 4.78 is 11.1. The second-order valence-corrected chi connectivity index (χ2v) is 7.93. The zero-order valence-corrected chi connectivity index (χ0v) is 18.3. The molecule has 0 amide bonds. The second-order valence-electron chi connectivity index (χ2n) is 7.93. The van der Waals surface area contributed by atoms with Crippen LogP contribution in [0.3, 0.4) is 0 Å². The monoisotopic (exact) mass is 430 g/mol. The maximum absolute atomic E-state index is 13.3. The van der Waals surface area contributed by atoms with Crippen molar-refractivity contribution in [3.8, 4) is 0 Å². The summed E-state index contributed by atoms with van der Waals surface area (Å²) in [6.07, 6.45) is 0.458. The van der Waals surface area contributed by atoms with Gasteiger partial charge in [0, 0.05) is 30.4 Å². The molecule has 0 bridgehead atoms. The number of Topliss-reactive ketones (excluding diaryl/α,β-unsaturated/α-hetero) is 1. The average molecular weight is 431 g/mol. The number of carbonyl (C=O) groups excluding carboxylic acids is 2. The number of rotatable bonds is 6. The Bertz CT molecular complexity index is 1070. The Morgan fingerprint density at radius 2 is 1.47 bits per heavy atom. The molecule has 3 aromatic rings. The number of pyridine rings is 1. The number of carbonyl (C=O) groups is 2. The summed E-state index contributed by atoms with van der Waals surface area (Å²) in [4.78, 5) is 32.7. The molecule has 1 aliphatic rings. The highest BCUT2D eigenvalue weighted by Crippen LogP contribution is 2.25. The van der Waals surface area contributed by atoms with E-state index in [2.05, 4.69) is 9.88 Å². The van der Waals surface area contributed by atoms with Gasteiger partial charge < -0.3 is 14.4 Å². The molecule has 0 radical (unpaired) electrons. The molecule has 1 fully saturated rings. The lowest BCUT2D eigenvalue weighted by Gasteiger charge is -2.27. The van der Waals surface area contributed by atoms with Gasteiger partial charge in [-0.05, 0) is 26.0 Å². The van der Waals surface area contributed by atoms with Crippen LogP contribution in [-0.4, -0.2) is 43.0 Å². The van der Waals surface area contributed by atoms with Crippen molar-refractivity contribution in [3.63, 3.8) is 0 Å². The number of aryl methyl sites for hydroxylation is 2. The standard InChI is InChI=1S/C26H26N2O4/c1-18-3-7-20(8-4-18)24(29)25(21-9-5-19(2)6-10-21)32-26(30)22-11-12-23(27-17-22)28-13-15-31-16-14-28/h3-12,17,25H,13-16H2,1-2H3. The van der Waals surface area contributed by atoms with Crippen molar-refractivity contribution in [3.05, 3.63) is 94.7 Å². The molecule has 0 spiro atoms. The highest BCUT2D eigenvalue weighted by atomic mass is 16.5. The Morgan fingerprint density at radius 1 is 0.875 bits per heavy atom. The second kappa shape index (κ2) is 9.75. The third-order valence-corrected chi connectivity index (χ3v) is 5.50. The minimum Gasteiger partial charge on any atom is -0.445 e. The van der Waals surface area contributed by atoms with Crippen LogP contribution in [0.5, 0.6) is 0 Å². The maximum atomic E-state index is 13.3. The van der Waals surface area contributed by atoms with Crippen molar-refractivity contribution < 1.29 is 19.1 Å². The zero-order valence-electron chi connectivity index (χ0n) is 18.3. The van der Waals surface area contributed by atoms with Crippen molar-refractivity contribution in [1.29, 1.82) is 0 Å².